The molecule has 140 valence electrons. The summed E-state index contributed by atoms with van der Waals surface area (Å²) in [4.78, 5) is 9.01. The Hall–Kier alpha value is -0.730. The lowest BCUT2D eigenvalue weighted by Crippen LogP contribution is -2.51. The van der Waals surface area contributed by atoms with Crippen LogP contribution in [0, 0.1) is 5.92 Å². The van der Waals surface area contributed by atoms with Crippen LogP contribution in [-0.2, 0) is 4.74 Å². The van der Waals surface area contributed by atoms with E-state index in [-0.39, 0.29) is 24.0 Å². The van der Waals surface area contributed by atoms with Gasteiger partial charge in [0.15, 0.2) is 5.96 Å². The normalized spacial score (nSPS) is 18.2. The van der Waals surface area contributed by atoms with Gasteiger partial charge < -0.3 is 20.3 Å². The fourth-order valence-electron chi connectivity index (χ4n) is 2.84. The monoisotopic (exact) mass is 478 g/mol. The van der Waals surface area contributed by atoms with Gasteiger partial charge in [0.25, 0.3) is 0 Å². The van der Waals surface area contributed by atoms with Crippen LogP contribution in [0.15, 0.2) is 29.3 Å². The number of piperazine rings is 1. The number of nitrogens with two attached hydrogens (primary N) is 1. The van der Waals surface area contributed by atoms with Crippen molar-refractivity contribution in [3.8, 4) is 0 Å². The topological polar surface area (TPSA) is 54.1 Å². The van der Waals surface area contributed by atoms with Crippen molar-refractivity contribution in [2.24, 2.45) is 16.6 Å². The van der Waals surface area contributed by atoms with Crippen molar-refractivity contribution in [2.45, 2.75) is 19.3 Å². The van der Waals surface area contributed by atoms with Gasteiger partial charge in [0.2, 0.25) is 0 Å². The Morgan fingerprint density at radius 3 is 2.48 bits per heavy atom. The minimum atomic E-state index is 0. The molecule has 1 heterocycles. The summed E-state index contributed by atoms with van der Waals surface area (Å²) in [5, 5.41) is 0.773. The maximum absolute atomic E-state index is 6.12. The van der Waals surface area contributed by atoms with Crippen LogP contribution in [0.2, 0.25) is 5.02 Å². The van der Waals surface area contributed by atoms with E-state index in [1.807, 2.05) is 12.1 Å². The number of aliphatic imine (C=N–C) groups is 1. The van der Waals surface area contributed by atoms with Crippen LogP contribution in [0.4, 0.5) is 5.69 Å². The van der Waals surface area contributed by atoms with Crippen molar-refractivity contribution in [3.63, 3.8) is 0 Å². The Balaban J connectivity index is 0.00000225. The summed E-state index contributed by atoms with van der Waals surface area (Å²) in [6.45, 7) is 6.15. The summed E-state index contributed by atoms with van der Waals surface area (Å²) in [5.74, 6) is 1.49. The van der Waals surface area contributed by atoms with Crippen LogP contribution in [0.1, 0.15) is 19.3 Å². The molecule has 2 aliphatic rings. The maximum Gasteiger partial charge on any atom is 0.191 e. The zero-order valence-electron chi connectivity index (χ0n) is 14.6. The average Bonchev–Trinajstić information content (AvgIpc) is 3.43. The molecule has 1 aliphatic heterocycles. The minimum absolute atomic E-state index is 0. The third-order valence-corrected chi connectivity index (χ3v) is 4.82. The molecule has 25 heavy (non-hydrogen) atoms. The third-order valence-electron chi connectivity index (χ3n) is 4.57. The highest BCUT2D eigenvalue weighted by molar-refractivity contribution is 14.0. The fraction of sp³-hybridized carbons (Fsp3) is 0.611. The maximum atomic E-state index is 6.12. The van der Waals surface area contributed by atoms with Gasteiger partial charge >= 0.3 is 0 Å². The number of benzene rings is 1. The van der Waals surface area contributed by atoms with Crippen molar-refractivity contribution in [2.75, 3.05) is 50.8 Å². The molecular formula is C18H28ClIN4O. The molecular weight excluding hydrogens is 451 g/mol. The fourth-order valence-corrected chi connectivity index (χ4v) is 2.97. The molecule has 0 aromatic heterocycles. The molecule has 2 N–H and O–H groups in total. The highest BCUT2D eigenvalue weighted by Crippen LogP contribution is 2.28. The van der Waals surface area contributed by atoms with Gasteiger partial charge in [-0.1, -0.05) is 11.6 Å². The first-order chi connectivity index (χ1) is 11.7. The molecule has 5 nitrogen and oxygen atoms in total. The summed E-state index contributed by atoms with van der Waals surface area (Å²) in [6, 6.07) is 8.00. The average molecular weight is 479 g/mol. The second-order valence-electron chi connectivity index (χ2n) is 6.56. The van der Waals surface area contributed by atoms with Gasteiger partial charge in [-0.25, -0.2) is 0 Å². The Morgan fingerprint density at radius 2 is 1.84 bits per heavy atom. The number of nitrogens with zero attached hydrogens (tertiary/aromatic N) is 3. The number of halogens is 2. The van der Waals surface area contributed by atoms with E-state index in [0.29, 0.717) is 5.96 Å². The van der Waals surface area contributed by atoms with E-state index in [1.165, 1.54) is 18.5 Å². The highest BCUT2D eigenvalue weighted by atomic mass is 127. The third kappa shape index (κ3) is 6.83. The van der Waals surface area contributed by atoms with E-state index in [9.17, 15) is 0 Å². The minimum Gasteiger partial charge on any atom is -0.381 e. The second-order valence-corrected chi connectivity index (χ2v) is 7.00. The van der Waals surface area contributed by atoms with Gasteiger partial charge in [-0.3, -0.25) is 4.99 Å². The number of rotatable bonds is 7. The molecule has 1 saturated carbocycles. The number of ether oxygens (including phenoxy) is 1. The number of hydrogen-bond acceptors (Lipinski definition) is 3. The van der Waals surface area contributed by atoms with Gasteiger partial charge in [0, 0.05) is 56.6 Å². The predicted octanol–water partition coefficient (Wildman–Crippen LogP) is 3.21. The smallest absolute Gasteiger partial charge is 0.191 e. The molecule has 0 unspecified atom stereocenters. The zero-order valence-corrected chi connectivity index (χ0v) is 17.7. The van der Waals surface area contributed by atoms with Gasteiger partial charge in [0.05, 0.1) is 0 Å². The molecule has 0 radical (unpaired) electrons. The Morgan fingerprint density at radius 1 is 1.16 bits per heavy atom. The lowest BCUT2D eigenvalue weighted by molar-refractivity contribution is 0.123. The van der Waals surface area contributed by atoms with E-state index in [0.717, 1.165) is 63.3 Å². The van der Waals surface area contributed by atoms with Crippen LogP contribution < -0.4 is 10.6 Å². The van der Waals surface area contributed by atoms with E-state index in [4.69, 9.17) is 22.1 Å². The molecule has 0 spiro atoms. The van der Waals surface area contributed by atoms with Crippen LogP contribution >= 0.6 is 35.6 Å². The lowest BCUT2D eigenvalue weighted by Gasteiger charge is -2.36. The summed E-state index contributed by atoms with van der Waals surface area (Å²) in [5.41, 5.74) is 7.34. The molecule has 0 bridgehead atoms. The van der Waals surface area contributed by atoms with Crippen LogP contribution in [0.25, 0.3) is 0 Å². The standard InChI is InChI=1S/C18H27ClN4O.HI/c19-16-4-6-17(7-5-16)22-9-11-23(12-10-22)18(20)21-8-1-13-24-14-15-2-3-15;/h4-7,15H,1-3,8-14H2,(H2,20,21);1H. The number of hydrogen-bond donors (Lipinski definition) is 1. The van der Waals surface area contributed by atoms with Crippen LogP contribution in [0.3, 0.4) is 0 Å². The van der Waals surface area contributed by atoms with Gasteiger partial charge in [0.1, 0.15) is 0 Å². The van der Waals surface area contributed by atoms with E-state index in [2.05, 4.69) is 26.9 Å². The van der Waals surface area contributed by atoms with Crippen molar-refractivity contribution in [1.82, 2.24) is 4.90 Å². The van der Waals surface area contributed by atoms with Crippen LogP contribution in [0.5, 0.6) is 0 Å². The molecule has 1 saturated heterocycles. The van der Waals surface area contributed by atoms with E-state index in [1.54, 1.807) is 0 Å². The second kappa shape index (κ2) is 10.4. The molecule has 3 rings (SSSR count). The van der Waals surface area contributed by atoms with E-state index < -0.39 is 0 Å². The SMILES string of the molecule is I.NC(=NCCCOCC1CC1)N1CCN(c2ccc(Cl)cc2)CC1. The van der Waals surface area contributed by atoms with Crippen molar-refractivity contribution in [1.29, 1.82) is 0 Å². The highest BCUT2D eigenvalue weighted by Gasteiger charge is 2.21. The lowest BCUT2D eigenvalue weighted by atomic mass is 10.2. The molecule has 7 heteroatoms. The molecule has 2 fully saturated rings. The molecule has 0 amide bonds. The molecule has 1 aromatic rings. The number of guanidine groups is 1. The van der Waals surface area contributed by atoms with Gasteiger partial charge in [-0.2, -0.15) is 0 Å². The predicted molar refractivity (Wildman–Crippen MR) is 115 cm³/mol. The first kappa shape index (κ1) is 20.6. The van der Waals surface area contributed by atoms with Gasteiger partial charge in [-0.15, -0.1) is 24.0 Å². The largest absolute Gasteiger partial charge is 0.381 e. The molecule has 1 aromatic carbocycles. The quantitative estimate of drug-likeness (QED) is 0.283. The Labute approximate surface area is 172 Å². The zero-order chi connectivity index (χ0) is 16.8. The van der Waals surface area contributed by atoms with Gasteiger partial charge in [-0.05, 0) is 49.4 Å². The van der Waals surface area contributed by atoms with Crippen LogP contribution in [-0.4, -0.2) is 56.8 Å². The summed E-state index contributed by atoms with van der Waals surface area (Å²) >= 11 is 5.95. The summed E-state index contributed by atoms with van der Waals surface area (Å²) in [6.07, 6.45) is 3.62. The summed E-state index contributed by atoms with van der Waals surface area (Å²) < 4.78 is 5.62. The van der Waals surface area contributed by atoms with Crippen molar-refractivity contribution >= 4 is 47.2 Å². The first-order valence-corrected chi connectivity index (χ1v) is 9.23. The molecule has 1 aliphatic carbocycles. The number of anilines is 1. The van der Waals surface area contributed by atoms with E-state index >= 15 is 0 Å². The molecule has 0 atom stereocenters. The Bertz CT molecular complexity index is 543. The summed E-state index contributed by atoms with van der Waals surface area (Å²) in [7, 11) is 0. The first-order valence-electron chi connectivity index (χ1n) is 8.85. The Kier molecular flexibility index (Phi) is 8.58. The van der Waals surface area contributed by atoms with Crippen molar-refractivity contribution in [3.05, 3.63) is 29.3 Å². The van der Waals surface area contributed by atoms with Crippen molar-refractivity contribution < 1.29 is 4.74 Å².